The summed E-state index contributed by atoms with van der Waals surface area (Å²) in [5.41, 5.74) is 4.06. The molecule has 0 aliphatic carbocycles. The van der Waals surface area contributed by atoms with Gasteiger partial charge >= 0.3 is 0 Å². The molecule has 28 heavy (non-hydrogen) atoms. The van der Waals surface area contributed by atoms with Crippen LogP contribution >= 0.6 is 0 Å². The summed E-state index contributed by atoms with van der Waals surface area (Å²) in [5.74, 6) is 2.86. The van der Waals surface area contributed by atoms with Crippen molar-refractivity contribution in [2.24, 2.45) is 0 Å². The minimum Gasteiger partial charge on any atom is -0.493 e. The Hall–Kier alpha value is -2.20. The number of piperidine rings is 1. The van der Waals surface area contributed by atoms with Gasteiger partial charge in [-0.2, -0.15) is 0 Å². The van der Waals surface area contributed by atoms with Crippen molar-refractivity contribution < 1.29 is 9.47 Å². The average Bonchev–Trinajstić information content (AvgIpc) is 3.06. The molecule has 1 fully saturated rings. The van der Waals surface area contributed by atoms with Gasteiger partial charge in [-0.1, -0.05) is 30.3 Å². The maximum Gasteiger partial charge on any atom is 0.162 e. The molecule has 2 aliphatic rings. The molecule has 0 radical (unpaired) electrons. The quantitative estimate of drug-likeness (QED) is 0.775. The zero-order valence-electron chi connectivity index (χ0n) is 17.3. The Morgan fingerprint density at radius 1 is 1.00 bits per heavy atom. The van der Waals surface area contributed by atoms with Gasteiger partial charge in [0.2, 0.25) is 0 Å². The van der Waals surface area contributed by atoms with Crippen molar-refractivity contribution in [1.82, 2.24) is 4.90 Å². The molecule has 0 saturated carbocycles. The first kappa shape index (κ1) is 19.1. The van der Waals surface area contributed by atoms with Crippen LogP contribution in [0.1, 0.15) is 49.1 Å². The minimum atomic E-state index is 0.439. The van der Waals surface area contributed by atoms with E-state index in [-0.39, 0.29) is 0 Å². The molecule has 2 aliphatic heterocycles. The summed E-state index contributed by atoms with van der Waals surface area (Å²) in [4.78, 5) is 2.64. The predicted molar refractivity (Wildman–Crippen MR) is 115 cm³/mol. The average molecular weight is 381 g/mol. The molecular formula is C24H32N2O2. The molecule has 4 nitrogen and oxygen atoms in total. The van der Waals surface area contributed by atoms with Gasteiger partial charge in [0.25, 0.3) is 0 Å². The van der Waals surface area contributed by atoms with E-state index in [0.717, 1.165) is 24.0 Å². The van der Waals surface area contributed by atoms with Gasteiger partial charge in [0.1, 0.15) is 0 Å². The lowest BCUT2D eigenvalue weighted by molar-refractivity contribution is 0.204. The lowest BCUT2D eigenvalue weighted by atomic mass is 9.88. The highest BCUT2D eigenvalue weighted by Gasteiger charge is 2.31. The van der Waals surface area contributed by atoms with Crippen molar-refractivity contribution in [3.63, 3.8) is 0 Å². The topological polar surface area (TPSA) is 33.7 Å². The van der Waals surface area contributed by atoms with Crippen molar-refractivity contribution in [2.45, 2.75) is 44.1 Å². The van der Waals surface area contributed by atoms with Crippen LogP contribution in [0.2, 0.25) is 0 Å². The second-order valence-electron chi connectivity index (χ2n) is 8.15. The molecule has 2 aromatic carbocycles. The van der Waals surface area contributed by atoms with Crippen LogP contribution < -0.4 is 14.8 Å². The summed E-state index contributed by atoms with van der Waals surface area (Å²) in [6, 6.07) is 15.7. The number of nitrogens with one attached hydrogen (secondary N) is 1. The zero-order chi connectivity index (χ0) is 19.5. The Labute approximate surface area is 168 Å². The lowest BCUT2D eigenvalue weighted by Gasteiger charge is -2.33. The Morgan fingerprint density at radius 3 is 2.36 bits per heavy atom. The van der Waals surface area contributed by atoms with E-state index in [1.54, 1.807) is 14.2 Å². The third kappa shape index (κ3) is 3.83. The number of hydrogen-bond donors (Lipinski definition) is 1. The normalized spacial score (nSPS) is 22.5. The highest BCUT2D eigenvalue weighted by molar-refractivity contribution is 5.66. The molecule has 0 amide bonds. The lowest BCUT2D eigenvalue weighted by Crippen LogP contribution is -2.35. The minimum absolute atomic E-state index is 0.439. The number of likely N-dealkylation sites (tertiary alicyclic amines) is 1. The number of anilines is 1. The molecule has 2 unspecified atom stereocenters. The summed E-state index contributed by atoms with van der Waals surface area (Å²) in [6.07, 6.45) is 3.71. The van der Waals surface area contributed by atoms with E-state index in [1.165, 1.54) is 49.2 Å². The first-order valence-electron chi connectivity index (χ1n) is 10.5. The number of methoxy groups -OCH3 is 2. The van der Waals surface area contributed by atoms with E-state index in [2.05, 4.69) is 59.6 Å². The van der Waals surface area contributed by atoms with E-state index in [4.69, 9.17) is 9.47 Å². The Kier molecular flexibility index (Phi) is 5.77. The van der Waals surface area contributed by atoms with Gasteiger partial charge in [0.15, 0.2) is 11.5 Å². The van der Waals surface area contributed by atoms with E-state index in [1.807, 2.05) is 0 Å². The maximum absolute atomic E-state index is 5.53. The molecule has 2 atom stereocenters. The van der Waals surface area contributed by atoms with Crippen molar-refractivity contribution in [1.29, 1.82) is 0 Å². The highest BCUT2D eigenvalue weighted by atomic mass is 16.5. The summed E-state index contributed by atoms with van der Waals surface area (Å²) in [5, 5.41) is 3.64. The molecule has 1 saturated heterocycles. The monoisotopic (exact) mass is 380 g/mol. The molecule has 0 aromatic heterocycles. The van der Waals surface area contributed by atoms with Crippen molar-refractivity contribution in [3.05, 3.63) is 53.6 Å². The smallest absolute Gasteiger partial charge is 0.162 e. The van der Waals surface area contributed by atoms with E-state index in [9.17, 15) is 0 Å². The number of hydrogen-bond acceptors (Lipinski definition) is 4. The maximum atomic E-state index is 5.53. The van der Waals surface area contributed by atoms with Crippen LogP contribution in [0.5, 0.6) is 11.5 Å². The van der Waals surface area contributed by atoms with Crippen molar-refractivity contribution >= 4 is 5.69 Å². The Bertz CT molecular complexity index is 785. The van der Waals surface area contributed by atoms with E-state index >= 15 is 0 Å². The van der Waals surface area contributed by atoms with Crippen LogP contribution in [0, 0.1) is 0 Å². The van der Waals surface area contributed by atoms with Gasteiger partial charge < -0.3 is 19.7 Å². The van der Waals surface area contributed by atoms with Crippen LogP contribution in [-0.2, 0) is 0 Å². The summed E-state index contributed by atoms with van der Waals surface area (Å²) in [6.45, 7) is 5.84. The molecule has 4 heteroatoms. The van der Waals surface area contributed by atoms with Crippen molar-refractivity contribution in [3.8, 4) is 11.5 Å². The predicted octanol–water partition coefficient (Wildman–Crippen LogP) is 4.87. The third-order valence-electron chi connectivity index (χ3n) is 6.56. The fraction of sp³-hybridized carbons (Fsp3) is 0.500. The largest absolute Gasteiger partial charge is 0.493 e. The van der Waals surface area contributed by atoms with Crippen LogP contribution in [0.25, 0.3) is 0 Å². The van der Waals surface area contributed by atoms with Gasteiger partial charge in [-0.3, -0.25) is 0 Å². The number of nitrogens with zero attached hydrogens (tertiary/aromatic N) is 1. The van der Waals surface area contributed by atoms with Crippen LogP contribution in [0.4, 0.5) is 5.69 Å². The fourth-order valence-corrected chi connectivity index (χ4v) is 4.88. The van der Waals surface area contributed by atoms with Gasteiger partial charge in [-0.25, -0.2) is 0 Å². The second kappa shape index (κ2) is 8.44. The molecule has 150 valence electrons. The Balaban J connectivity index is 1.36. The van der Waals surface area contributed by atoms with Gasteiger partial charge in [0.05, 0.1) is 14.2 Å². The number of fused-ring (bicyclic) bond motifs is 1. The number of ether oxygens (including phenoxy) is 2. The van der Waals surface area contributed by atoms with Gasteiger partial charge in [-0.15, -0.1) is 0 Å². The van der Waals surface area contributed by atoms with Gasteiger partial charge in [-0.05, 0) is 68.9 Å². The molecule has 0 bridgehead atoms. The van der Waals surface area contributed by atoms with Crippen LogP contribution in [0.3, 0.4) is 0 Å². The van der Waals surface area contributed by atoms with E-state index in [0.29, 0.717) is 12.0 Å². The second-order valence-corrected chi connectivity index (χ2v) is 8.15. The molecule has 2 heterocycles. The highest BCUT2D eigenvalue weighted by Crippen LogP contribution is 2.44. The summed E-state index contributed by atoms with van der Waals surface area (Å²) < 4.78 is 11.0. The van der Waals surface area contributed by atoms with Crippen LogP contribution in [-0.4, -0.2) is 44.8 Å². The first-order chi connectivity index (χ1) is 13.7. The molecule has 2 aromatic rings. The summed E-state index contributed by atoms with van der Waals surface area (Å²) in [7, 11) is 3.40. The zero-order valence-corrected chi connectivity index (χ0v) is 17.3. The van der Waals surface area contributed by atoms with Crippen LogP contribution in [0.15, 0.2) is 42.5 Å². The molecular weight excluding hydrogens is 348 g/mol. The molecule has 1 N–H and O–H groups in total. The number of rotatable bonds is 6. The standard InChI is InChI=1S/C24H32N2O2/c1-17-20(21-15-23(27-2)24(28-3)16-22(21)25-17)11-14-26-12-9-19(10-13-26)18-7-5-4-6-8-18/h4-8,15-17,19-20,25H,9-14H2,1-3H3. The van der Waals surface area contributed by atoms with E-state index < -0.39 is 0 Å². The summed E-state index contributed by atoms with van der Waals surface area (Å²) >= 11 is 0. The SMILES string of the molecule is COc1cc2c(cc1OC)C(CCN1CCC(c3ccccc3)CC1)C(C)N2. The fourth-order valence-electron chi connectivity index (χ4n) is 4.88. The van der Waals surface area contributed by atoms with Crippen molar-refractivity contribution in [2.75, 3.05) is 39.2 Å². The molecule has 4 rings (SSSR count). The molecule has 0 spiro atoms. The number of benzene rings is 2. The first-order valence-corrected chi connectivity index (χ1v) is 10.5. The Morgan fingerprint density at radius 2 is 1.68 bits per heavy atom. The van der Waals surface area contributed by atoms with Gasteiger partial charge in [0, 0.05) is 23.7 Å². The third-order valence-corrected chi connectivity index (χ3v) is 6.56.